The lowest BCUT2D eigenvalue weighted by Gasteiger charge is -2.47. The number of nitriles is 1. The molecule has 0 saturated heterocycles. The van der Waals surface area contributed by atoms with Gasteiger partial charge in [0.1, 0.15) is 0 Å². The number of hydrogen-bond donors (Lipinski definition) is 0. The van der Waals surface area contributed by atoms with E-state index < -0.39 is 14.6 Å². The zero-order valence-electron chi connectivity index (χ0n) is 10.3. The van der Waals surface area contributed by atoms with Crippen LogP contribution in [0, 0.1) is 16.7 Å². The second kappa shape index (κ2) is 3.97. The molecule has 0 atom stereocenters. The molecule has 96 valence electrons. The maximum Gasteiger partial charge on any atom is 0.197 e. The fraction of sp³-hybridized carbons (Fsp3) is 0.462. The molecule has 1 aromatic rings. The van der Waals surface area contributed by atoms with Crippen molar-refractivity contribution in [3.05, 3.63) is 29.3 Å². The number of halogens is 1. The molecule has 0 spiro atoms. The first-order valence-corrected chi connectivity index (χ1v) is 7.50. The third-order valence-corrected chi connectivity index (χ3v) is 5.92. The van der Waals surface area contributed by atoms with Gasteiger partial charge in [-0.1, -0.05) is 25.4 Å². The predicted molar refractivity (Wildman–Crippen MR) is 70.0 cm³/mol. The highest BCUT2D eigenvalue weighted by molar-refractivity contribution is 7.93. The summed E-state index contributed by atoms with van der Waals surface area (Å²) in [6.07, 6.45) is 0.753. The molecule has 2 rings (SSSR count). The van der Waals surface area contributed by atoms with E-state index in [2.05, 4.69) is 0 Å². The van der Waals surface area contributed by atoms with E-state index >= 15 is 0 Å². The molecule has 5 heteroatoms. The standard InChI is InChI=1S/C13H14ClNO2S/c1-12(2)7-13(8-12,9-15)18(16,17)11-5-3-10(14)4-6-11/h3-6H,7-8H2,1-2H3. The smallest absolute Gasteiger partial charge is 0.197 e. The van der Waals surface area contributed by atoms with Crippen LogP contribution in [-0.2, 0) is 9.84 Å². The Labute approximate surface area is 112 Å². The van der Waals surface area contributed by atoms with Crippen LogP contribution in [0.2, 0.25) is 5.02 Å². The molecule has 0 heterocycles. The molecular weight excluding hydrogens is 270 g/mol. The Morgan fingerprint density at radius 2 is 1.72 bits per heavy atom. The minimum Gasteiger partial charge on any atom is -0.222 e. The number of rotatable bonds is 2. The largest absolute Gasteiger partial charge is 0.222 e. The molecule has 0 aliphatic heterocycles. The molecule has 0 unspecified atom stereocenters. The highest BCUT2D eigenvalue weighted by Crippen LogP contribution is 2.53. The first-order valence-electron chi connectivity index (χ1n) is 5.64. The minimum absolute atomic E-state index is 0.0881. The Balaban J connectivity index is 2.44. The van der Waals surface area contributed by atoms with E-state index in [1.807, 2.05) is 19.9 Å². The zero-order chi connectivity index (χ0) is 13.6. The van der Waals surface area contributed by atoms with Gasteiger partial charge < -0.3 is 0 Å². The summed E-state index contributed by atoms with van der Waals surface area (Å²) in [6.45, 7) is 3.94. The van der Waals surface area contributed by atoms with E-state index in [0.29, 0.717) is 17.9 Å². The van der Waals surface area contributed by atoms with Gasteiger partial charge in [0.2, 0.25) is 0 Å². The highest BCUT2D eigenvalue weighted by Gasteiger charge is 2.58. The van der Waals surface area contributed by atoms with Crippen LogP contribution < -0.4 is 0 Å². The average molecular weight is 284 g/mol. The third kappa shape index (κ3) is 1.92. The molecule has 3 nitrogen and oxygen atoms in total. The Morgan fingerprint density at radius 1 is 1.22 bits per heavy atom. The maximum atomic E-state index is 12.5. The van der Waals surface area contributed by atoms with Gasteiger partial charge in [0.15, 0.2) is 14.6 Å². The summed E-state index contributed by atoms with van der Waals surface area (Å²) < 4.78 is 23.7. The summed E-state index contributed by atoms with van der Waals surface area (Å²) in [4.78, 5) is 0.170. The Morgan fingerprint density at radius 3 is 2.11 bits per heavy atom. The van der Waals surface area contributed by atoms with E-state index in [-0.39, 0.29) is 10.3 Å². The van der Waals surface area contributed by atoms with Gasteiger partial charge in [-0.05, 0) is 42.5 Å². The zero-order valence-corrected chi connectivity index (χ0v) is 11.8. The van der Waals surface area contributed by atoms with E-state index in [4.69, 9.17) is 11.6 Å². The molecule has 0 N–H and O–H groups in total. The monoisotopic (exact) mass is 283 g/mol. The maximum absolute atomic E-state index is 12.5. The molecule has 1 aliphatic carbocycles. The fourth-order valence-electron chi connectivity index (χ4n) is 2.66. The highest BCUT2D eigenvalue weighted by atomic mass is 35.5. The van der Waals surface area contributed by atoms with Crippen LogP contribution in [0.3, 0.4) is 0 Å². The molecule has 0 aromatic heterocycles. The molecular formula is C13H14ClNO2S. The molecule has 1 aromatic carbocycles. The van der Waals surface area contributed by atoms with Crippen LogP contribution in [0.5, 0.6) is 0 Å². The van der Waals surface area contributed by atoms with Crippen molar-refractivity contribution >= 4 is 21.4 Å². The van der Waals surface area contributed by atoms with Gasteiger partial charge in [-0.3, -0.25) is 0 Å². The first-order chi connectivity index (χ1) is 8.22. The number of sulfone groups is 1. The van der Waals surface area contributed by atoms with Crippen LogP contribution in [0.4, 0.5) is 0 Å². The Kier molecular flexibility index (Phi) is 2.95. The summed E-state index contributed by atoms with van der Waals surface area (Å²) in [6, 6.07) is 7.99. The van der Waals surface area contributed by atoms with E-state index in [0.717, 1.165) is 0 Å². The topological polar surface area (TPSA) is 57.9 Å². The quantitative estimate of drug-likeness (QED) is 0.837. The molecule has 1 aliphatic rings. The van der Waals surface area contributed by atoms with Crippen molar-refractivity contribution in [1.82, 2.24) is 0 Å². The van der Waals surface area contributed by atoms with Crippen LogP contribution >= 0.6 is 11.6 Å². The molecule has 0 radical (unpaired) electrons. The fourth-order valence-corrected chi connectivity index (χ4v) is 5.02. The number of nitrogens with zero attached hydrogens (tertiary/aromatic N) is 1. The number of benzene rings is 1. The van der Waals surface area contributed by atoms with E-state index in [1.54, 1.807) is 0 Å². The van der Waals surface area contributed by atoms with Crippen LogP contribution in [0.15, 0.2) is 29.2 Å². The van der Waals surface area contributed by atoms with Crippen molar-refractivity contribution in [3.63, 3.8) is 0 Å². The van der Waals surface area contributed by atoms with Crippen molar-refractivity contribution in [2.24, 2.45) is 5.41 Å². The molecule has 18 heavy (non-hydrogen) atoms. The van der Waals surface area contributed by atoms with Gasteiger partial charge in [-0.25, -0.2) is 8.42 Å². The van der Waals surface area contributed by atoms with E-state index in [9.17, 15) is 13.7 Å². The Bertz CT molecular complexity index is 603. The molecule has 0 amide bonds. The SMILES string of the molecule is CC1(C)CC(C#N)(S(=O)(=O)c2ccc(Cl)cc2)C1. The van der Waals surface area contributed by atoms with Crippen LogP contribution in [0.1, 0.15) is 26.7 Å². The first kappa shape index (κ1) is 13.4. The number of hydrogen-bond acceptors (Lipinski definition) is 3. The van der Waals surface area contributed by atoms with Crippen molar-refractivity contribution in [3.8, 4) is 6.07 Å². The van der Waals surface area contributed by atoms with Gasteiger partial charge in [-0.15, -0.1) is 0 Å². The second-order valence-corrected chi connectivity index (χ2v) is 8.28. The van der Waals surface area contributed by atoms with Gasteiger partial charge in [0.05, 0.1) is 11.0 Å². The summed E-state index contributed by atoms with van der Waals surface area (Å²) in [5.74, 6) is 0. The molecule has 1 saturated carbocycles. The van der Waals surface area contributed by atoms with Crippen molar-refractivity contribution in [2.75, 3.05) is 0 Å². The summed E-state index contributed by atoms with van der Waals surface area (Å²) in [7, 11) is -3.62. The predicted octanol–water partition coefficient (Wildman–Crippen LogP) is 3.20. The molecule has 0 bridgehead atoms. The van der Waals surface area contributed by atoms with Gasteiger partial charge in [0, 0.05) is 5.02 Å². The van der Waals surface area contributed by atoms with Gasteiger partial charge in [-0.2, -0.15) is 5.26 Å². The lowest BCUT2D eigenvalue weighted by Crippen LogP contribution is -2.53. The average Bonchev–Trinajstić information content (AvgIpc) is 2.25. The lowest BCUT2D eigenvalue weighted by molar-refractivity contribution is 0.154. The lowest BCUT2D eigenvalue weighted by atomic mass is 9.64. The summed E-state index contributed by atoms with van der Waals surface area (Å²) in [5, 5.41) is 9.75. The third-order valence-electron chi connectivity index (χ3n) is 3.37. The van der Waals surface area contributed by atoms with Gasteiger partial charge >= 0.3 is 0 Å². The van der Waals surface area contributed by atoms with Crippen LogP contribution in [0.25, 0.3) is 0 Å². The van der Waals surface area contributed by atoms with Crippen molar-refractivity contribution < 1.29 is 8.42 Å². The second-order valence-electron chi connectivity index (χ2n) is 5.58. The summed E-state index contributed by atoms with van der Waals surface area (Å²) >= 11 is 5.74. The van der Waals surface area contributed by atoms with Crippen LogP contribution in [-0.4, -0.2) is 13.2 Å². The van der Waals surface area contributed by atoms with E-state index in [1.165, 1.54) is 24.3 Å². The van der Waals surface area contributed by atoms with Crippen molar-refractivity contribution in [2.45, 2.75) is 36.3 Å². The Hall–Kier alpha value is -1.05. The minimum atomic E-state index is -3.62. The van der Waals surface area contributed by atoms with Crippen molar-refractivity contribution in [1.29, 1.82) is 5.26 Å². The molecule has 1 fully saturated rings. The summed E-state index contributed by atoms with van der Waals surface area (Å²) in [5.41, 5.74) is -0.0881. The van der Waals surface area contributed by atoms with Gasteiger partial charge in [0.25, 0.3) is 0 Å². The normalized spacial score (nSPS) is 20.8.